The molecule has 1 fully saturated rings. The number of anilines is 1. The molecule has 0 spiro atoms. The third kappa shape index (κ3) is 5.28. The van der Waals surface area contributed by atoms with Gasteiger partial charge in [0.2, 0.25) is 11.9 Å². The number of hydrazine groups is 1. The van der Waals surface area contributed by atoms with Gasteiger partial charge in [-0.1, -0.05) is 47.7 Å². The summed E-state index contributed by atoms with van der Waals surface area (Å²) in [6.07, 6.45) is 3.49. The lowest BCUT2D eigenvalue weighted by molar-refractivity contribution is -0.119. The highest BCUT2D eigenvalue weighted by Gasteiger charge is 2.22. The number of nitrogens with one attached hydrogen (secondary N) is 2. The van der Waals surface area contributed by atoms with E-state index in [9.17, 15) is 9.59 Å². The van der Waals surface area contributed by atoms with Crippen molar-refractivity contribution >= 4 is 29.5 Å². The first kappa shape index (κ1) is 21.9. The zero-order valence-electron chi connectivity index (χ0n) is 18.0. The van der Waals surface area contributed by atoms with Crippen molar-refractivity contribution in [2.45, 2.75) is 31.3 Å². The molecule has 0 saturated carbocycles. The summed E-state index contributed by atoms with van der Waals surface area (Å²) in [5.74, 6) is 0.212. The number of hydrogen-bond acceptors (Lipinski definition) is 6. The molecule has 0 atom stereocenters. The Balaban J connectivity index is 1.44. The van der Waals surface area contributed by atoms with Gasteiger partial charge in [0.05, 0.1) is 11.4 Å². The minimum absolute atomic E-state index is 0.0963. The molecule has 0 radical (unpaired) electrons. The Labute approximate surface area is 191 Å². The summed E-state index contributed by atoms with van der Waals surface area (Å²) in [7, 11) is 0. The lowest BCUT2D eigenvalue weighted by Crippen LogP contribution is -2.42. The van der Waals surface area contributed by atoms with Crippen LogP contribution < -0.4 is 15.8 Å². The topological polar surface area (TPSA) is 92.2 Å². The Hall–Kier alpha value is -3.33. The van der Waals surface area contributed by atoms with E-state index in [1.807, 2.05) is 29.7 Å². The highest BCUT2D eigenvalue weighted by molar-refractivity contribution is 7.99. The van der Waals surface area contributed by atoms with Gasteiger partial charge in [-0.3, -0.25) is 25.0 Å². The van der Waals surface area contributed by atoms with Crippen molar-refractivity contribution in [3.05, 3.63) is 65.7 Å². The number of rotatable bonds is 6. The van der Waals surface area contributed by atoms with Gasteiger partial charge in [0.1, 0.15) is 0 Å². The van der Waals surface area contributed by atoms with Crippen LogP contribution in [-0.2, 0) is 4.79 Å². The number of hydrogen-bond donors (Lipinski definition) is 2. The van der Waals surface area contributed by atoms with E-state index in [4.69, 9.17) is 0 Å². The van der Waals surface area contributed by atoms with Crippen LogP contribution in [0.1, 0.15) is 35.2 Å². The Morgan fingerprint density at radius 2 is 1.66 bits per heavy atom. The molecule has 0 bridgehead atoms. The van der Waals surface area contributed by atoms with Crippen molar-refractivity contribution < 1.29 is 9.59 Å². The minimum atomic E-state index is -0.362. The summed E-state index contributed by atoms with van der Waals surface area (Å²) in [6, 6.07) is 16.9. The number of nitrogens with zero attached hydrogens (tertiary/aromatic N) is 4. The van der Waals surface area contributed by atoms with Crippen molar-refractivity contribution in [3.63, 3.8) is 0 Å². The number of aromatic nitrogens is 3. The molecule has 0 unspecified atom stereocenters. The van der Waals surface area contributed by atoms with Crippen LogP contribution in [0.5, 0.6) is 0 Å². The summed E-state index contributed by atoms with van der Waals surface area (Å²) in [5.41, 5.74) is 7.51. The lowest BCUT2D eigenvalue weighted by atomic mass is 10.1. The number of aryl methyl sites for hydroxylation is 1. The minimum Gasteiger partial charge on any atom is -0.341 e. The van der Waals surface area contributed by atoms with Crippen LogP contribution in [0.15, 0.2) is 59.8 Å². The van der Waals surface area contributed by atoms with Crippen LogP contribution >= 0.6 is 11.8 Å². The largest absolute Gasteiger partial charge is 0.341 e. The first-order valence-electron chi connectivity index (χ1n) is 10.7. The van der Waals surface area contributed by atoms with E-state index in [-0.39, 0.29) is 17.6 Å². The molecule has 32 heavy (non-hydrogen) atoms. The highest BCUT2D eigenvalue weighted by atomic mass is 32.2. The normalized spacial score (nSPS) is 13.6. The SMILES string of the molecule is Cc1ccc(-n2c(SCC(=O)NNC(=O)c3ccccc3)nnc2N2CCCCC2)cc1. The van der Waals surface area contributed by atoms with Gasteiger partial charge in [-0.05, 0) is 50.5 Å². The van der Waals surface area contributed by atoms with Gasteiger partial charge < -0.3 is 4.90 Å². The smallest absolute Gasteiger partial charge is 0.269 e. The molecule has 1 aliphatic heterocycles. The lowest BCUT2D eigenvalue weighted by Gasteiger charge is -2.27. The van der Waals surface area contributed by atoms with E-state index in [2.05, 4.69) is 38.1 Å². The molecule has 9 heteroatoms. The summed E-state index contributed by atoms with van der Waals surface area (Å²) < 4.78 is 2.01. The van der Waals surface area contributed by atoms with E-state index >= 15 is 0 Å². The summed E-state index contributed by atoms with van der Waals surface area (Å²) >= 11 is 1.29. The zero-order valence-corrected chi connectivity index (χ0v) is 18.8. The molecule has 8 nitrogen and oxygen atoms in total. The fourth-order valence-electron chi connectivity index (χ4n) is 3.53. The van der Waals surface area contributed by atoms with Crippen molar-refractivity contribution in [2.24, 2.45) is 0 Å². The second-order valence-corrected chi connectivity index (χ2v) is 8.60. The van der Waals surface area contributed by atoms with E-state index in [1.165, 1.54) is 23.7 Å². The maximum Gasteiger partial charge on any atom is 0.269 e. The van der Waals surface area contributed by atoms with Crippen LogP contribution in [0.2, 0.25) is 0 Å². The molecule has 2 aromatic carbocycles. The fraction of sp³-hybridized carbons (Fsp3) is 0.304. The molecular formula is C23H26N6O2S. The number of thioether (sulfide) groups is 1. The molecule has 1 aliphatic rings. The third-order valence-electron chi connectivity index (χ3n) is 5.23. The summed E-state index contributed by atoms with van der Waals surface area (Å²) in [6.45, 7) is 3.94. The molecule has 2 N–H and O–H groups in total. The van der Waals surface area contributed by atoms with Crippen molar-refractivity contribution in [3.8, 4) is 5.69 Å². The maximum absolute atomic E-state index is 12.3. The highest BCUT2D eigenvalue weighted by Crippen LogP contribution is 2.28. The van der Waals surface area contributed by atoms with Crippen LogP contribution in [-0.4, -0.2) is 45.4 Å². The van der Waals surface area contributed by atoms with Crippen molar-refractivity contribution in [1.82, 2.24) is 25.6 Å². The van der Waals surface area contributed by atoms with Gasteiger partial charge in [-0.15, -0.1) is 10.2 Å². The van der Waals surface area contributed by atoms with Gasteiger partial charge in [-0.25, -0.2) is 0 Å². The molecule has 2 amide bonds. The van der Waals surface area contributed by atoms with Crippen LogP contribution in [0, 0.1) is 6.92 Å². The predicted molar refractivity (Wildman–Crippen MR) is 125 cm³/mol. The third-order valence-corrected chi connectivity index (χ3v) is 6.16. The number of amides is 2. The average molecular weight is 451 g/mol. The molecule has 4 rings (SSSR count). The number of carbonyl (C=O) groups is 2. The van der Waals surface area contributed by atoms with Crippen LogP contribution in [0.25, 0.3) is 5.69 Å². The molecular weight excluding hydrogens is 424 g/mol. The maximum atomic E-state index is 12.3. The Morgan fingerprint density at radius 1 is 0.938 bits per heavy atom. The average Bonchev–Trinajstić information content (AvgIpc) is 3.27. The molecule has 0 aliphatic carbocycles. The zero-order chi connectivity index (χ0) is 22.3. The van der Waals surface area contributed by atoms with Gasteiger partial charge in [-0.2, -0.15) is 0 Å². The molecule has 1 saturated heterocycles. The van der Waals surface area contributed by atoms with Gasteiger partial charge >= 0.3 is 0 Å². The molecule has 3 aromatic rings. The quantitative estimate of drug-likeness (QED) is 0.443. The summed E-state index contributed by atoms with van der Waals surface area (Å²) in [5, 5.41) is 9.46. The number of piperidine rings is 1. The number of carbonyl (C=O) groups excluding carboxylic acids is 2. The van der Waals surface area contributed by atoms with E-state index < -0.39 is 0 Å². The van der Waals surface area contributed by atoms with Crippen molar-refractivity contribution in [1.29, 1.82) is 0 Å². The monoisotopic (exact) mass is 450 g/mol. The van der Waals surface area contributed by atoms with Gasteiger partial charge in [0.15, 0.2) is 5.16 Å². The van der Waals surface area contributed by atoms with Crippen LogP contribution in [0.3, 0.4) is 0 Å². The van der Waals surface area contributed by atoms with E-state index in [1.54, 1.807) is 24.3 Å². The van der Waals surface area contributed by atoms with Gasteiger partial charge in [0.25, 0.3) is 5.91 Å². The second kappa shape index (κ2) is 10.3. The summed E-state index contributed by atoms with van der Waals surface area (Å²) in [4.78, 5) is 26.7. The molecule has 166 valence electrons. The molecule has 1 aromatic heterocycles. The Morgan fingerprint density at radius 3 is 2.38 bits per heavy atom. The van der Waals surface area contributed by atoms with E-state index in [0.717, 1.165) is 37.6 Å². The van der Waals surface area contributed by atoms with Crippen LogP contribution in [0.4, 0.5) is 5.95 Å². The standard InChI is InChI=1S/C23H26N6O2S/c1-17-10-12-19(13-11-17)29-22(28-14-6-3-7-15-28)26-27-23(29)32-16-20(30)24-25-21(31)18-8-4-2-5-9-18/h2,4-5,8-13H,3,6-7,14-16H2,1H3,(H,24,30)(H,25,31). The first-order chi connectivity index (χ1) is 15.6. The molecule has 2 heterocycles. The number of benzene rings is 2. The van der Waals surface area contributed by atoms with Crippen molar-refractivity contribution in [2.75, 3.05) is 23.7 Å². The first-order valence-corrected chi connectivity index (χ1v) is 11.6. The second-order valence-electron chi connectivity index (χ2n) is 7.66. The van der Waals surface area contributed by atoms with E-state index in [0.29, 0.717) is 10.7 Å². The van der Waals surface area contributed by atoms with Gasteiger partial charge in [0, 0.05) is 18.7 Å². The fourth-order valence-corrected chi connectivity index (χ4v) is 4.28. The Kier molecular flexibility index (Phi) is 7.06. The predicted octanol–water partition coefficient (Wildman–Crippen LogP) is 3.12. The Bertz CT molecular complexity index is 1060.